The largest absolute Gasteiger partial charge is 0.312 e. The van der Waals surface area contributed by atoms with Crippen molar-refractivity contribution < 1.29 is 4.79 Å². The summed E-state index contributed by atoms with van der Waals surface area (Å²) in [6, 6.07) is 16.4. The molecule has 0 spiro atoms. The van der Waals surface area contributed by atoms with E-state index in [0.29, 0.717) is 11.6 Å². The number of hydrogen-bond donors (Lipinski definition) is 1. The van der Waals surface area contributed by atoms with Gasteiger partial charge < -0.3 is 10.2 Å². The van der Waals surface area contributed by atoms with E-state index in [1.54, 1.807) is 24.3 Å². The first-order valence-corrected chi connectivity index (χ1v) is 10.7. The maximum atomic E-state index is 12.9. The molecule has 1 fully saturated rings. The number of pyridine rings is 2. The average Bonchev–Trinajstić information content (AvgIpc) is 2.79. The van der Waals surface area contributed by atoms with E-state index >= 15 is 0 Å². The minimum Gasteiger partial charge on any atom is -0.312 e. The normalized spacial score (nSPS) is 16.8. The number of hydrogen-bond acceptors (Lipinski definition) is 5. The van der Waals surface area contributed by atoms with Gasteiger partial charge in [-0.3, -0.25) is 19.7 Å². The number of benzene rings is 1. The highest BCUT2D eigenvalue weighted by atomic mass is 16.2. The van der Waals surface area contributed by atoms with Crippen LogP contribution in [-0.2, 0) is 6.54 Å². The lowest BCUT2D eigenvalue weighted by Crippen LogP contribution is -2.48. The molecule has 2 aromatic heterocycles. The minimum absolute atomic E-state index is 0.0753. The first-order valence-electron chi connectivity index (χ1n) is 10.7. The fourth-order valence-corrected chi connectivity index (χ4v) is 3.95. The number of aromatic nitrogens is 2. The SMILES string of the molecule is Cc1cc(-c2ccc(C(=O)N(C)c3ccc(CN4CCN[C@@H](C)C4)cc3)cn2)ccn1. The molecular weight excluding hydrogens is 386 g/mol. The van der Waals surface area contributed by atoms with Gasteiger partial charge in [0.05, 0.1) is 11.3 Å². The van der Waals surface area contributed by atoms with Crippen LogP contribution in [0.5, 0.6) is 0 Å². The van der Waals surface area contributed by atoms with Crippen molar-refractivity contribution in [3.05, 3.63) is 77.7 Å². The third kappa shape index (κ3) is 5.16. The third-order valence-corrected chi connectivity index (χ3v) is 5.69. The van der Waals surface area contributed by atoms with Crippen LogP contribution in [0.4, 0.5) is 5.69 Å². The molecule has 0 bridgehead atoms. The first-order chi connectivity index (χ1) is 15.0. The summed E-state index contributed by atoms with van der Waals surface area (Å²) >= 11 is 0. The van der Waals surface area contributed by atoms with Gasteiger partial charge in [-0.25, -0.2) is 0 Å². The molecule has 6 heteroatoms. The highest BCUT2D eigenvalue weighted by molar-refractivity contribution is 6.05. The minimum atomic E-state index is -0.0753. The Balaban J connectivity index is 1.41. The molecule has 160 valence electrons. The molecule has 1 atom stereocenters. The Labute approximate surface area is 183 Å². The lowest BCUT2D eigenvalue weighted by molar-refractivity contribution is 0.0992. The van der Waals surface area contributed by atoms with E-state index < -0.39 is 0 Å². The Hall–Kier alpha value is -3.09. The smallest absolute Gasteiger partial charge is 0.259 e. The van der Waals surface area contributed by atoms with E-state index in [0.717, 1.165) is 48.8 Å². The zero-order chi connectivity index (χ0) is 21.8. The standard InChI is InChI=1S/C25H29N5O/c1-18-14-21(10-11-26-18)24-9-6-22(15-28-24)25(31)29(3)23-7-4-20(5-8-23)17-30-13-12-27-19(2)16-30/h4-11,14-15,19,27H,12-13,16-17H2,1-3H3/t19-/m0/s1. The lowest BCUT2D eigenvalue weighted by Gasteiger charge is -2.31. The Kier molecular flexibility index (Phi) is 6.39. The third-order valence-electron chi connectivity index (χ3n) is 5.69. The number of aryl methyl sites for hydroxylation is 1. The zero-order valence-electron chi connectivity index (χ0n) is 18.4. The van der Waals surface area contributed by atoms with Crippen LogP contribution in [0.25, 0.3) is 11.3 Å². The molecule has 0 aliphatic carbocycles. The summed E-state index contributed by atoms with van der Waals surface area (Å²) in [4.78, 5) is 25.8. The van der Waals surface area contributed by atoms with Gasteiger partial charge in [0, 0.05) is 68.6 Å². The van der Waals surface area contributed by atoms with Crippen molar-refractivity contribution in [1.82, 2.24) is 20.2 Å². The number of nitrogens with zero attached hydrogens (tertiary/aromatic N) is 4. The molecule has 1 aliphatic rings. The summed E-state index contributed by atoms with van der Waals surface area (Å²) in [5, 5.41) is 3.47. The zero-order valence-corrected chi connectivity index (χ0v) is 18.4. The fraction of sp³-hybridized carbons (Fsp3) is 0.320. The second kappa shape index (κ2) is 9.37. The molecule has 1 N–H and O–H groups in total. The maximum absolute atomic E-state index is 12.9. The van der Waals surface area contributed by atoms with E-state index in [4.69, 9.17) is 0 Å². The van der Waals surface area contributed by atoms with Crippen LogP contribution >= 0.6 is 0 Å². The van der Waals surface area contributed by atoms with Gasteiger partial charge >= 0.3 is 0 Å². The maximum Gasteiger partial charge on any atom is 0.259 e. The molecule has 3 heterocycles. The summed E-state index contributed by atoms with van der Waals surface area (Å²) in [6.07, 6.45) is 3.41. The molecule has 6 nitrogen and oxygen atoms in total. The van der Waals surface area contributed by atoms with Gasteiger partial charge in [-0.2, -0.15) is 0 Å². The average molecular weight is 416 g/mol. The van der Waals surface area contributed by atoms with Gasteiger partial charge in [0.2, 0.25) is 0 Å². The van der Waals surface area contributed by atoms with Crippen LogP contribution in [0, 0.1) is 6.92 Å². The van der Waals surface area contributed by atoms with Crippen molar-refractivity contribution in [3.63, 3.8) is 0 Å². The molecule has 0 unspecified atom stereocenters. The van der Waals surface area contributed by atoms with E-state index in [1.807, 2.05) is 43.3 Å². The predicted molar refractivity (Wildman–Crippen MR) is 124 cm³/mol. The topological polar surface area (TPSA) is 61.4 Å². The van der Waals surface area contributed by atoms with Crippen LogP contribution in [0.2, 0.25) is 0 Å². The van der Waals surface area contributed by atoms with Gasteiger partial charge in [0.1, 0.15) is 0 Å². The molecule has 1 aromatic carbocycles. The van der Waals surface area contributed by atoms with Crippen molar-refractivity contribution in [3.8, 4) is 11.3 Å². The Morgan fingerprint density at radius 2 is 1.97 bits per heavy atom. The molecular formula is C25H29N5O. The Morgan fingerprint density at radius 3 is 2.65 bits per heavy atom. The van der Waals surface area contributed by atoms with E-state index in [2.05, 4.69) is 39.2 Å². The number of carbonyl (C=O) groups is 1. The van der Waals surface area contributed by atoms with Gasteiger partial charge in [0.15, 0.2) is 0 Å². The number of carbonyl (C=O) groups excluding carboxylic acids is 1. The van der Waals surface area contributed by atoms with Crippen LogP contribution in [0.1, 0.15) is 28.5 Å². The molecule has 1 saturated heterocycles. The molecule has 0 saturated carbocycles. The number of nitrogens with one attached hydrogen (secondary N) is 1. The summed E-state index contributed by atoms with van der Waals surface area (Å²) in [6.45, 7) is 8.25. The van der Waals surface area contributed by atoms with E-state index in [9.17, 15) is 4.79 Å². The second-order valence-corrected chi connectivity index (χ2v) is 8.24. The molecule has 1 amide bonds. The Morgan fingerprint density at radius 1 is 1.16 bits per heavy atom. The number of anilines is 1. The molecule has 1 aliphatic heterocycles. The first kappa shape index (κ1) is 21.2. The molecule has 3 aromatic rings. The van der Waals surface area contributed by atoms with Gasteiger partial charge in [-0.1, -0.05) is 12.1 Å². The van der Waals surface area contributed by atoms with Crippen molar-refractivity contribution in [2.24, 2.45) is 0 Å². The van der Waals surface area contributed by atoms with Gasteiger partial charge in [0.25, 0.3) is 5.91 Å². The number of piperazine rings is 1. The van der Waals surface area contributed by atoms with Crippen molar-refractivity contribution in [2.75, 3.05) is 31.6 Å². The Bertz CT molecular complexity index is 1030. The van der Waals surface area contributed by atoms with Crippen LogP contribution < -0.4 is 10.2 Å². The molecule has 0 radical (unpaired) electrons. The quantitative estimate of drug-likeness (QED) is 0.691. The highest BCUT2D eigenvalue weighted by Gasteiger charge is 2.17. The monoisotopic (exact) mass is 415 g/mol. The van der Waals surface area contributed by atoms with Gasteiger partial charge in [-0.15, -0.1) is 0 Å². The second-order valence-electron chi connectivity index (χ2n) is 8.24. The van der Waals surface area contributed by atoms with E-state index in [1.165, 1.54) is 5.56 Å². The summed E-state index contributed by atoms with van der Waals surface area (Å²) < 4.78 is 0. The summed E-state index contributed by atoms with van der Waals surface area (Å²) in [5.41, 5.74) is 5.46. The predicted octanol–water partition coefficient (Wildman–Crippen LogP) is 3.52. The fourth-order valence-electron chi connectivity index (χ4n) is 3.95. The van der Waals surface area contributed by atoms with Gasteiger partial charge in [-0.05, 0) is 55.8 Å². The van der Waals surface area contributed by atoms with Crippen molar-refractivity contribution >= 4 is 11.6 Å². The molecule has 31 heavy (non-hydrogen) atoms. The van der Waals surface area contributed by atoms with E-state index in [-0.39, 0.29) is 5.91 Å². The van der Waals surface area contributed by atoms with Crippen LogP contribution in [0.3, 0.4) is 0 Å². The lowest BCUT2D eigenvalue weighted by atomic mass is 10.1. The van der Waals surface area contributed by atoms with Crippen molar-refractivity contribution in [2.45, 2.75) is 26.4 Å². The van der Waals surface area contributed by atoms with Crippen LogP contribution in [0.15, 0.2) is 60.9 Å². The summed E-state index contributed by atoms with van der Waals surface area (Å²) in [7, 11) is 1.80. The van der Waals surface area contributed by atoms with Crippen molar-refractivity contribution in [1.29, 1.82) is 0 Å². The van der Waals surface area contributed by atoms with Crippen LogP contribution in [-0.4, -0.2) is 53.5 Å². The highest BCUT2D eigenvalue weighted by Crippen LogP contribution is 2.20. The number of rotatable bonds is 5. The number of amides is 1. The summed E-state index contributed by atoms with van der Waals surface area (Å²) in [5.74, 6) is -0.0753. The molecule has 4 rings (SSSR count).